The molecular formula is C21H20N6OS. The lowest BCUT2D eigenvalue weighted by molar-refractivity contribution is 0.130. The Bertz CT molecular complexity index is 1130. The molecule has 3 aromatic heterocycles. The van der Waals surface area contributed by atoms with E-state index in [-0.39, 0.29) is 6.10 Å². The van der Waals surface area contributed by atoms with Crippen molar-refractivity contribution >= 4 is 21.6 Å². The van der Waals surface area contributed by atoms with Crippen LogP contribution in [-0.2, 0) is 0 Å². The molecular weight excluding hydrogens is 384 g/mol. The summed E-state index contributed by atoms with van der Waals surface area (Å²) in [5.41, 5.74) is 5.59. The zero-order valence-electron chi connectivity index (χ0n) is 15.7. The smallest absolute Gasteiger partial charge is 0.233 e. The highest BCUT2D eigenvalue weighted by Crippen LogP contribution is 2.34. The number of hydrogen-bond acceptors (Lipinski definition) is 7. The molecule has 6 rings (SSSR count). The van der Waals surface area contributed by atoms with Crippen LogP contribution in [0.2, 0.25) is 0 Å². The maximum atomic E-state index is 6.13. The molecule has 7 nitrogen and oxygen atoms in total. The minimum atomic E-state index is 0.232. The third kappa shape index (κ3) is 3.08. The van der Waals surface area contributed by atoms with E-state index in [0.29, 0.717) is 18.0 Å². The van der Waals surface area contributed by atoms with Crippen molar-refractivity contribution in [1.29, 1.82) is 0 Å². The minimum Gasteiger partial charge on any atom is -0.473 e. The lowest BCUT2D eigenvalue weighted by Gasteiger charge is -2.28. The van der Waals surface area contributed by atoms with Crippen molar-refractivity contribution < 1.29 is 4.74 Å². The number of fused-ring (bicyclic) bond motifs is 3. The van der Waals surface area contributed by atoms with Gasteiger partial charge in [-0.25, -0.2) is 9.67 Å². The summed E-state index contributed by atoms with van der Waals surface area (Å²) in [6, 6.07) is 11.1. The van der Waals surface area contributed by atoms with Crippen LogP contribution < -0.4 is 10.1 Å². The molecule has 0 aliphatic carbocycles. The Morgan fingerprint density at radius 3 is 2.72 bits per heavy atom. The van der Waals surface area contributed by atoms with E-state index < -0.39 is 0 Å². The van der Waals surface area contributed by atoms with E-state index in [1.54, 1.807) is 17.5 Å². The largest absolute Gasteiger partial charge is 0.473 e. The Labute approximate surface area is 171 Å². The maximum Gasteiger partial charge on any atom is 0.233 e. The summed E-state index contributed by atoms with van der Waals surface area (Å²) in [6.07, 6.45) is 8.54. The second kappa shape index (κ2) is 6.89. The molecule has 2 aliphatic heterocycles. The van der Waals surface area contributed by atoms with E-state index >= 15 is 0 Å². The number of rotatable bonds is 4. The van der Waals surface area contributed by atoms with Gasteiger partial charge in [0.15, 0.2) is 0 Å². The van der Waals surface area contributed by atoms with E-state index in [4.69, 9.17) is 4.74 Å². The molecule has 146 valence electrons. The topological polar surface area (TPSA) is 77.8 Å². The van der Waals surface area contributed by atoms with Crippen molar-refractivity contribution in [1.82, 2.24) is 30.3 Å². The predicted octanol–water partition coefficient (Wildman–Crippen LogP) is 3.60. The fraction of sp³-hybridized carbons (Fsp3) is 0.333. The Morgan fingerprint density at radius 1 is 1.07 bits per heavy atom. The van der Waals surface area contributed by atoms with Crippen LogP contribution in [0.3, 0.4) is 0 Å². The summed E-state index contributed by atoms with van der Waals surface area (Å²) < 4.78 is 9.05. The number of nitrogens with zero attached hydrogens (tertiary/aromatic N) is 5. The van der Waals surface area contributed by atoms with Gasteiger partial charge >= 0.3 is 0 Å². The van der Waals surface area contributed by atoms with Gasteiger partial charge < -0.3 is 10.1 Å². The highest BCUT2D eigenvalue weighted by molar-refractivity contribution is 7.17. The Kier molecular flexibility index (Phi) is 4.05. The quantitative estimate of drug-likeness (QED) is 0.560. The fourth-order valence-electron chi connectivity index (χ4n) is 4.53. The van der Waals surface area contributed by atoms with E-state index in [0.717, 1.165) is 40.0 Å². The first kappa shape index (κ1) is 17.1. The van der Waals surface area contributed by atoms with Crippen LogP contribution in [0.1, 0.15) is 25.7 Å². The zero-order chi connectivity index (χ0) is 19.2. The van der Waals surface area contributed by atoms with E-state index in [9.17, 15) is 0 Å². The summed E-state index contributed by atoms with van der Waals surface area (Å²) >= 11 is 1.60. The molecule has 4 aromatic rings. The minimum absolute atomic E-state index is 0.232. The van der Waals surface area contributed by atoms with Crippen molar-refractivity contribution in [3.05, 3.63) is 48.2 Å². The highest BCUT2D eigenvalue weighted by atomic mass is 32.1. The maximum absolute atomic E-state index is 6.13. The molecule has 1 unspecified atom stereocenters. The van der Waals surface area contributed by atoms with Gasteiger partial charge in [0.25, 0.3) is 0 Å². The van der Waals surface area contributed by atoms with E-state index in [2.05, 4.69) is 31.7 Å². The van der Waals surface area contributed by atoms with Crippen molar-refractivity contribution in [2.24, 2.45) is 0 Å². The van der Waals surface area contributed by atoms with Gasteiger partial charge in [-0.15, -0.1) is 21.5 Å². The van der Waals surface area contributed by atoms with Gasteiger partial charge in [-0.05, 0) is 49.9 Å². The third-order valence-electron chi connectivity index (χ3n) is 5.85. The molecule has 1 N–H and O–H groups in total. The lowest BCUT2D eigenvalue weighted by Crippen LogP contribution is -2.42. The predicted molar refractivity (Wildman–Crippen MR) is 111 cm³/mol. The number of piperidine rings is 1. The number of nitrogens with one attached hydrogen (secondary N) is 1. The molecule has 5 heterocycles. The normalized spacial score (nSPS) is 23.5. The van der Waals surface area contributed by atoms with Crippen LogP contribution >= 0.6 is 11.3 Å². The number of ether oxygens (including phenoxy) is 1. The highest BCUT2D eigenvalue weighted by Gasteiger charge is 2.34. The van der Waals surface area contributed by atoms with Crippen LogP contribution in [-0.4, -0.2) is 43.1 Å². The van der Waals surface area contributed by atoms with Crippen molar-refractivity contribution in [2.45, 2.75) is 43.9 Å². The van der Waals surface area contributed by atoms with Crippen LogP contribution in [0.5, 0.6) is 5.88 Å². The summed E-state index contributed by atoms with van der Waals surface area (Å²) in [5, 5.41) is 16.8. The fourth-order valence-corrected chi connectivity index (χ4v) is 5.37. The van der Waals surface area contributed by atoms with Gasteiger partial charge in [-0.2, -0.15) is 5.10 Å². The molecule has 2 bridgehead atoms. The number of aromatic nitrogens is 5. The molecule has 29 heavy (non-hydrogen) atoms. The first-order chi connectivity index (χ1) is 14.3. The van der Waals surface area contributed by atoms with Crippen LogP contribution in [0.25, 0.3) is 27.2 Å². The third-order valence-corrected chi connectivity index (χ3v) is 6.71. The molecule has 0 radical (unpaired) electrons. The summed E-state index contributed by atoms with van der Waals surface area (Å²) in [7, 11) is 0. The number of benzene rings is 1. The molecule has 8 heteroatoms. The van der Waals surface area contributed by atoms with Gasteiger partial charge in [0.05, 0.1) is 21.6 Å². The van der Waals surface area contributed by atoms with Crippen molar-refractivity contribution in [3.8, 4) is 22.8 Å². The van der Waals surface area contributed by atoms with E-state index in [1.807, 2.05) is 40.7 Å². The average molecular weight is 404 g/mol. The van der Waals surface area contributed by atoms with Gasteiger partial charge in [0.2, 0.25) is 5.88 Å². The number of thiazole rings is 1. The monoisotopic (exact) mass is 404 g/mol. The Balaban J connectivity index is 1.27. The second-order valence-electron chi connectivity index (χ2n) is 7.72. The second-order valence-corrected chi connectivity index (χ2v) is 8.57. The molecule has 0 saturated carbocycles. The van der Waals surface area contributed by atoms with Gasteiger partial charge in [-0.3, -0.25) is 0 Å². The van der Waals surface area contributed by atoms with Crippen LogP contribution in [0, 0.1) is 0 Å². The summed E-state index contributed by atoms with van der Waals surface area (Å²) in [4.78, 5) is 4.55. The van der Waals surface area contributed by atoms with Gasteiger partial charge in [0, 0.05) is 36.1 Å². The molecule has 3 atom stereocenters. The van der Waals surface area contributed by atoms with Crippen molar-refractivity contribution in [2.75, 3.05) is 0 Å². The summed E-state index contributed by atoms with van der Waals surface area (Å²) in [6.45, 7) is 0. The zero-order valence-corrected chi connectivity index (χ0v) is 16.5. The molecule has 2 saturated heterocycles. The molecule has 2 aliphatic rings. The average Bonchev–Trinajstić information content (AvgIpc) is 3.49. The first-order valence-corrected chi connectivity index (χ1v) is 10.8. The SMILES string of the molecule is c1cnn(-c2ccc(-c3ccc(OC4C[C@H]5CC[C@@H](C4)N5)nn3)c3scnc23)c1. The van der Waals surface area contributed by atoms with Gasteiger partial charge in [-0.1, -0.05) is 0 Å². The summed E-state index contributed by atoms with van der Waals surface area (Å²) in [5.74, 6) is 0.605. The van der Waals surface area contributed by atoms with Crippen LogP contribution in [0.4, 0.5) is 0 Å². The standard InChI is InChI=1S/C21H20N6OS/c1-8-23-27(9-1)18-6-4-16(21-20(18)22-12-29-21)17-5-7-19(26-25-17)28-15-10-13-2-3-14(11-15)24-13/h1,4-9,12-15,24H,2-3,10-11H2/t13-,14+,15?. The lowest BCUT2D eigenvalue weighted by atomic mass is 10.0. The number of hydrogen-bond donors (Lipinski definition) is 1. The van der Waals surface area contributed by atoms with Crippen LogP contribution in [0.15, 0.2) is 48.2 Å². The Hall–Kier alpha value is -2.84. The molecule has 1 aromatic carbocycles. The Morgan fingerprint density at radius 2 is 1.97 bits per heavy atom. The molecule has 2 fully saturated rings. The van der Waals surface area contributed by atoms with Gasteiger partial charge in [0.1, 0.15) is 11.6 Å². The molecule has 0 amide bonds. The van der Waals surface area contributed by atoms with E-state index in [1.165, 1.54) is 12.8 Å². The van der Waals surface area contributed by atoms with Crippen molar-refractivity contribution in [3.63, 3.8) is 0 Å². The molecule has 0 spiro atoms. The first-order valence-electron chi connectivity index (χ1n) is 9.96.